The number of carbonyl (C=O) groups is 1. The van der Waals surface area contributed by atoms with Crippen molar-refractivity contribution in [3.63, 3.8) is 0 Å². The maximum absolute atomic E-state index is 12.6. The number of anilines is 1. The molecule has 1 aromatic heterocycles. The SMILES string of the molecule is Cc1nc2c3cc(C4(C5CN5)CC4)cc(c3n1)OCC(=O)NCCCCCCOc1cccc(c1)[C@@H](C)N2. The minimum Gasteiger partial charge on any atom is -0.494 e. The molecule has 3 heterocycles. The molecule has 2 fully saturated rings. The zero-order valence-corrected chi connectivity index (χ0v) is 22.3. The maximum atomic E-state index is 12.6. The first kappa shape index (κ1) is 24.9. The molecule has 6 bridgehead atoms. The Labute approximate surface area is 223 Å². The molecule has 8 heteroatoms. The van der Waals surface area contributed by atoms with Crippen LogP contribution in [0.25, 0.3) is 10.9 Å². The van der Waals surface area contributed by atoms with E-state index in [2.05, 4.69) is 47.1 Å². The van der Waals surface area contributed by atoms with Crippen LogP contribution in [0, 0.1) is 6.92 Å². The van der Waals surface area contributed by atoms with Gasteiger partial charge >= 0.3 is 0 Å². The highest BCUT2D eigenvalue weighted by atomic mass is 16.5. The Balaban J connectivity index is 1.40. The first-order valence-corrected chi connectivity index (χ1v) is 14.0. The number of nitrogens with zero attached hydrogens (tertiary/aromatic N) is 2. The molecule has 1 saturated heterocycles. The Morgan fingerprint density at radius 1 is 1.03 bits per heavy atom. The number of aryl methyl sites for hydroxylation is 1. The third-order valence-electron chi connectivity index (χ3n) is 8.05. The van der Waals surface area contributed by atoms with Crippen molar-refractivity contribution in [2.75, 3.05) is 31.6 Å². The highest BCUT2D eigenvalue weighted by molar-refractivity contribution is 5.94. The van der Waals surface area contributed by atoms with Gasteiger partial charge in [0.1, 0.15) is 28.7 Å². The molecular formula is C30H37N5O3. The van der Waals surface area contributed by atoms with Crippen molar-refractivity contribution in [2.24, 2.45) is 0 Å². The van der Waals surface area contributed by atoms with Gasteiger partial charge in [-0.15, -0.1) is 0 Å². The summed E-state index contributed by atoms with van der Waals surface area (Å²) >= 11 is 0. The molecular weight excluding hydrogens is 478 g/mol. The summed E-state index contributed by atoms with van der Waals surface area (Å²) in [5.74, 6) is 2.84. The lowest BCUT2D eigenvalue weighted by Gasteiger charge is -2.21. The van der Waals surface area contributed by atoms with E-state index in [1.165, 1.54) is 5.56 Å². The highest BCUT2D eigenvalue weighted by Gasteiger charge is 2.55. The molecule has 1 aliphatic carbocycles. The summed E-state index contributed by atoms with van der Waals surface area (Å²) in [4.78, 5) is 22.2. The standard InChI is InChI=1S/C30H37N5O3/c1-19-21-8-7-9-23(14-21)37-13-6-4-3-5-12-31-27(36)18-38-25-16-22(30(10-11-30)26-17-32-26)15-24-28(25)34-20(2)35-29(24)33-19/h7-9,14-16,19,26,32H,3-6,10-13,17-18H2,1-2H3,(H,31,36)(H,33,34,35)/t19-,26?/m1/s1. The van der Waals surface area contributed by atoms with Crippen LogP contribution in [0.2, 0.25) is 0 Å². The van der Waals surface area contributed by atoms with Crippen molar-refractivity contribution in [1.29, 1.82) is 0 Å². The van der Waals surface area contributed by atoms with Gasteiger partial charge in [-0.3, -0.25) is 4.79 Å². The zero-order valence-electron chi connectivity index (χ0n) is 22.3. The van der Waals surface area contributed by atoms with Gasteiger partial charge in [-0.25, -0.2) is 9.97 Å². The normalized spacial score (nSPS) is 23.5. The van der Waals surface area contributed by atoms with Crippen LogP contribution in [-0.2, 0) is 10.2 Å². The van der Waals surface area contributed by atoms with Crippen LogP contribution in [0.15, 0.2) is 36.4 Å². The lowest BCUT2D eigenvalue weighted by molar-refractivity contribution is -0.123. The molecule has 2 aliphatic heterocycles. The first-order valence-electron chi connectivity index (χ1n) is 14.0. The van der Waals surface area contributed by atoms with E-state index in [1.807, 2.05) is 19.1 Å². The fourth-order valence-electron chi connectivity index (χ4n) is 5.60. The third-order valence-corrected chi connectivity index (χ3v) is 8.05. The summed E-state index contributed by atoms with van der Waals surface area (Å²) in [7, 11) is 0. The summed E-state index contributed by atoms with van der Waals surface area (Å²) in [5.41, 5.74) is 3.22. The Hall–Kier alpha value is -3.39. The van der Waals surface area contributed by atoms with Gasteiger partial charge in [0.05, 0.1) is 12.6 Å². The van der Waals surface area contributed by atoms with Crippen molar-refractivity contribution >= 4 is 22.6 Å². The molecule has 3 N–H and O–H groups in total. The smallest absolute Gasteiger partial charge is 0.257 e. The van der Waals surface area contributed by atoms with Crippen LogP contribution in [0.4, 0.5) is 5.82 Å². The number of nitrogens with one attached hydrogen (secondary N) is 3. The van der Waals surface area contributed by atoms with Crippen LogP contribution >= 0.6 is 0 Å². The fourth-order valence-corrected chi connectivity index (χ4v) is 5.60. The second-order valence-electron chi connectivity index (χ2n) is 10.9. The van der Waals surface area contributed by atoms with E-state index < -0.39 is 0 Å². The number of hydrogen-bond donors (Lipinski definition) is 3. The largest absolute Gasteiger partial charge is 0.494 e. The molecule has 0 spiro atoms. The van der Waals surface area contributed by atoms with Gasteiger partial charge in [0.2, 0.25) is 0 Å². The van der Waals surface area contributed by atoms with E-state index in [-0.39, 0.29) is 24.0 Å². The first-order chi connectivity index (χ1) is 18.5. The van der Waals surface area contributed by atoms with Crippen LogP contribution < -0.4 is 25.4 Å². The number of carbonyl (C=O) groups excluding carboxylic acids is 1. The van der Waals surface area contributed by atoms with Gasteiger partial charge in [0, 0.05) is 29.9 Å². The topological polar surface area (TPSA) is 107 Å². The van der Waals surface area contributed by atoms with E-state index in [9.17, 15) is 4.79 Å². The zero-order chi connectivity index (χ0) is 26.1. The summed E-state index contributed by atoms with van der Waals surface area (Å²) in [6.45, 7) is 6.37. The number of ether oxygens (including phenoxy) is 2. The monoisotopic (exact) mass is 515 g/mol. The quantitative estimate of drug-likeness (QED) is 0.430. The Morgan fingerprint density at radius 3 is 2.68 bits per heavy atom. The number of rotatable bonds is 2. The molecule has 0 radical (unpaired) electrons. The van der Waals surface area contributed by atoms with E-state index in [0.29, 0.717) is 30.8 Å². The average molecular weight is 516 g/mol. The van der Waals surface area contributed by atoms with Crippen molar-refractivity contribution in [2.45, 2.75) is 69.9 Å². The van der Waals surface area contributed by atoms with Gasteiger partial charge in [0.15, 0.2) is 6.61 Å². The van der Waals surface area contributed by atoms with Gasteiger partial charge in [-0.05, 0) is 74.9 Å². The lowest BCUT2D eigenvalue weighted by atomic mass is 9.90. The second-order valence-corrected chi connectivity index (χ2v) is 10.9. The molecule has 2 aromatic carbocycles. The van der Waals surface area contributed by atoms with E-state index >= 15 is 0 Å². The van der Waals surface area contributed by atoms with Crippen LogP contribution in [0.3, 0.4) is 0 Å². The molecule has 1 amide bonds. The molecule has 38 heavy (non-hydrogen) atoms. The molecule has 1 saturated carbocycles. The maximum Gasteiger partial charge on any atom is 0.257 e. The summed E-state index contributed by atoms with van der Waals surface area (Å²) in [5, 5.41) is 11.1. The highest BCUT2D eigenvalue weighted by Crippen LogP contribution is 2.55. The van der Waals surface area contributed by atoms with E-state index in [0.717, 1.165) is 73.1 Å². The number of benzene rings is 2. The Morgan fingerprint density at radius 2 is 1.87 bits per heavy atom. The van der Waals surface area contributed by atoms with Crippen molar-refractivity contribution < 1.29 is 14.3 Å². The van der Waals surface area contributed by atoms with Gasteiger partial charge in [-0.2, -0.15) is 0 Å². The van der Waals surface area contributed by atoms with Crippen molar-refractivity contribution in [1.82, 2.24) is 20.6 Å². The minimum absolute atomic E-state index is 0.000400. The average Bonchev–Trinajstić information content (AvgIpc) is 3.82. The van der Waals surface area contributed by atoms with Gasteiger partial charge in [-0.1, -0.05) is 25.0 Å². The second kappa shape index (κ2) is 10.4. The van der Waals surface area contributed by atoms with Gasteiger partial charge in [0.25, 0.3) is 5.91 Å². The van der Waals surface area contributed by atoms with Gasteiger partial charge < -0.3 is 25.4 Å². The van der Waals surface area contributed by atoms with Crippen LogP contribution in [0.1, 0.15) is 68.4 Å². The number of aromatic nitrogens is 2. The molecule has 2 atom stereocenters. The lowest BCUT2D eigenvalue weighted by Crippen LogP contribution is -2.29. The number of fused-ring (bicyclic) bond motifs is 2. The van der Waals surface area contributed by atoms with Crippen LogP contribution in [0.5, 0.6) is 11.5 Å². The van der Waals surface area contributed by atoms with Crippen molar-refractivity contribution in [3.8, 4) is 11.5 Å². The molecule has 1 unspecified atom stereocenters. The fraction of sp³-hybridized carbons (Fsp3) is 0.500. The Bertz CT molecular complexity index is 1330. The summed E-state index contributed by atoms with van der Waals surface area (Å²) < 4.78 is 12.2. The molecule has 3 aromatic rings. The van der Waals surface area contributed by atoms with E-state index in [1.54, 1.807) is 0 Å². The minimum atomic E-state index is -0.109. The Kier molecular flexibility index (Phi) is 6.82. The van der Waals surface area contributed by atoms with Crippen LogP contribution in [-0.4, -0.2) is 48.2 Å². The molecule has 3 aliphatic rings. The summed E-state index contributed by atoms with van der Waals surface area (Å²) in [6, 6.07) is 13.1. The van der Waals surface area contributed by atoms with E-state index in [4.69, 9.17) is 19.4 Å². The predicted molar refractivity (Wildman–Crippen MR) is 148 cm³/mol. The van der Waals surface area contributed by atoms with Crippen molar-refractivity contribution in [3.05, 3.63) is 53.3 Å². The molecule has 8 nitrogen and oxygen atoms in total. The number of amides is 1. The number of hydrogen-bond acceptors (Lipinski definition) is 7. The summed E-state index contributed by atoms with van der Waals surface area (Å²) in [6.07, 6.45) is 6.34. The third kappa shape index (κ3) is 5.27. The predicted octanol–water partition coefficient (Wildman–Crippen LogP) is 4.56. The molecule has 200 valence electrons. The molecule has 6 rings (SSSR count).